The first-order chi connectivity index (χ1) is 11.1. The zero-order valence-electron chi connectivity index (χ0n) is 12.0. The molecule has 3 rings (SSSR count). The zero-order chi connectivity index (χ0) is 16.4. The smallest absolute Gasteiger partial charge is 0.338 e. The van der Waals surface area contributed by atoms with Crippen molar-refractivity contribution in [3.63, 3.8) is 0 Å². The number of esters is 1. The summed E-state index contributed by atoms with van der Waals surface area (Å²) in [5.41, 5.74) is 1.18. The fraction of sp³-hybridized carbons (Fsp3) is 0.0625. The van der Waals surface area contributed by atoms with Crippen LogP contribution in [-0.4, -0.2) is 24.0 Å². The van der Waals surface area contributed by atoms with Crippen LogP contribution in [0.3, 0.4) is 0 Å². The summed E-state index contributed by atoms with van der Waals surface area (Å²) in [6, 6.07) is 11.8. The lowest BCUT2D eigenvalue weighted by molar-refractivity contribution is 0.0597. The lowest BCUT2D eigenvalue weighted by Crippen LogP contribution is -2.16. The minimum absolute atomic E-state index is 0.205. The van der Waals surface area contributed by atoms with Crippen LogP contribution in [0.1, 0.15) is 20.7 Å². The van der Waals surface area contributed by atoms with Crippen molar-refractivity contribution in [2.24, 2.45) is 0 Å². The van der Waals surface area contributed by atoms with Crippen LogP contribution in [-0.2, 0) is 4.74 Å². The van der Waals surface area contributed by atoms with Crippen LogP contribution in [0.25, 0.3) is 10.2 Å². The highest BCUT2D eigenvalue weighted by atomic mass is 35.5. The molecule has 0 atom stereocenters. The van der Waals surface area contributed by atoms with Gasteiger partial charge in [0.1, 0.15) is 0 Å². The minimum atomic E-state index is -0.563. The molecule has 0 aliphatic rings. The number of nitrogens with one attached hydrogen (secondary N) is 1. The van der Waals surface area contributed by atoms with Crippen molar-refractivity contribution in [3.8, 4) is 0 Å². The third kappa shape index (κ3) is 3.18. The number of fused-ring (bicyclic) bond motifs is 1. The normalized spacial score (nSPS) is 10.5. The Kier molecular flexibility index (Phi) is 4.27. The predicted octanol–water partition coefficient (Wildman–Crippen LogP) is 3.99. The van der Waals surface area contributed by atoms with Gasteiger partial charge >= 0.3 is 5.97 Å². The van der Waals surface area contributed by atoms with Crippen molar-refractivity contribution >= 4 is 50.2 Å². The standard InChI is InChI=1S/C16H11ClN2O3S/c1-22-15(21)11-5-3-2-4-10(11)14(20)19-16-18-12-7-6-9(17)8-13(12)23-16/h2-8H,1H3,(H,18,19,20). The first-order valence-corrected chi connectivity index (χ1v) is 7.82. The molecule has 2 aromatic carbocycles. The third-order valence-corrected chi connectivity index (χ3v) is 4.32. The number of carbonyl (C=O) groups excluding carboxylic acids is 2. The van der Waals surface area contributed by atoms with E-state index in [4.69, 9.17) is 16.3 Å². The molecule has 1 aromatic heterocycles. The van der Waals surface area contributed by atoms with Gasteiger partial charge in [-0.2, -0.15) is 0 Å². The van der Waals surface area contributed by atoms with Crippen LogP contribution in [0.5, 0.6) is 0 Å². The van der Waals surface area contributed by atoms with Crippen molar-refractivity contribution in [2.45, 2.75) is 0 Å². The molecular weight excluding hydrogens is 336 g/mol. The van der Waals surface area contributed by atoms with Crippen molar-refractivity contribution in [3.05, 3.63) is 58.6 Å². The van der Waals surface area contributed by atoms with Crippen molar-refractivity contribution in [2.75, 3.05) is 12.4 Å². The Morgan fingerprint density at radius 1 is 1.17 bits per heavy atom. The Bertz CT molecular complexity index is 907. The number of thiazole rings is 1. The number of amides is 1. The van der Waals surface area contributed by atoms with E-state index in [1.807, 2.05) is 0 Å². The van der Waals surface area contributed by atoms with Crippen LogP contribution in [0.4, 0.5) is 5.13 Å². The summed E-state index contributed by atoms with van der Waals surface area (Å²) in [5.74, 6) is -0.983. The molecule has 5 nitrogen and oxygen atoms in total. The molecule has 0 saturated carbocycles. The van der Waals surface area contributed by atoms with E-state index in [1.165, 1.54) is 18.4 Å². The number of ether oxygens (including phenoxy) is 1. The van der Waals surface area contributed by atoms with E-state index >= 15 is 0 Å². The number of nitrogens with zero attached hydrogens (tertiary/aromatic N) is 1. The molecule has 23 heavy (non-hydrogen) atoms. The number of methoxy groups -OCH3 is 1. The average molecular weight is 347 g/mol. The average Bonchev–Trinajstić information content (AvgIpc) is 2.95. The van der Waals surface area contributed by atoms with Gasteiger partial charge in [-0.1, -0.05) is 35.1 Å². The number of rotatable bonds is 3. The predicted molar refractivity (Wildman–Crippen MR) is 90.4 cm³/mol. The second-order valence-electron chi connectivity index (χ2n) is 4.62. The minimum Gasteiger partial charge on any atom is -0.465 e. The van der Waals surface area contributed by atoms with E-state index in [1.54, 1.807) is 42.5 Å². The van der Waals surface area contributed by atoms with E-state index in [0.29, 0.717) is 10.2 Å². The van der Waals surface area contributed by atoms with E-state index in [0.717, 1.165) is 10.2 Å². The number of aromatic nitrogens is 1. The molecule has 0 aliphatic carbocycles. The molecular formula is C16H11ClN2O3S. The van der Waals surface area contributed by atoms with Crippen molar-refractivity contribution in [1.29, 1.82) is 0 Å². The molecule has 0 fully saturated rings. The Labute approximate surface area is 140 Å². The molecule has 1 heterocycles. The van der Waals surface area contributed by atoms with Crippen LogP contribution in [0.2, 0.25) is 5.02 Å². The maximum Gasteiger partial charge on any atom is 0.338 e. The number of carbonyl (C=O) groups is 2. The zero-order valence-corrected chi connectivity index (χ0v) is 13.6. The summed E-state index contributed by atoms with van der Waals surface area (Å²) in [6.07, 6.45) is 0. The summed E-state index contributed by atoms with van der Waals surface area (Å²) in [4.78, 5) is 28.5. The molecule has 0 aliphatic heterocycles. The first-order valence-electron chi connectivity index (χ1n) is 6.63. The SMILES string of the molecule is COC(=O)c1ccccc1C(=O)Nc1nc2ccc(Cl)cc2s1. The third-order valence-electron chi connectivity index (χ3n) is 3.15. The first kappa shape index (κ1) is 15.5. The number of halogens is 1. The largest absolute Gasteiger partial charge is 0.465 e. The summed E-state index contributed by atoms with van der Waals surface area (Å²) in [5, 5.41) is 3.75. The monoisotopic (exact) mass is 346 g/mol. The van der Waals surface area contributed by atoms with Gasteiger partial charge in [0, 0.05) is 5.02 Å². The summed E-state index contributed by atoms with van der Waals surface area (Å²) < 4.78 is 5.56. The number of hydrogen-bond donors (Lipinski definition) is 1. The van der Waals surface area contributed by atoms with Crippen LogP contribution < -0.4 is 5.32 Å². The van der Waals surface area contributed by atoms with Gasteiger partial charge in [0.2, 0.25) is 0 Å². The fourth-order valence-corrected chi connectivity index (χ4v) is 3.22. The summed E-state index contributed by atoms with van der Waals surface area (Å²) in [6.45, 7) is 0. The van der Waals surface area contributed by atoms with Crippen LogP contribution in [0, 0.1) is 0 Å². The maximum absolute atomic E-state index is 12.4. The lowest BCUT2D eigenvalue weighted by Gasteiger charge is -2.06. The summed E-state index contributed by atoms with van der Waals surface area (Å²) >= 11 is 7.25. The van der Waals surface area contributed by atoms with Gasteiger partial charge in [-0.25, -0.2) is 9.78 Å². The molecule has 7 heteroatoms. The van der Waals surface area contributed by atoms with Gasteiger partial charge in [0.15, 0.2) is 5.13 Å². The quantitative estimate of drug-likeness (QED) is 0.728. The van der Waals surface area contributed by atoms with Gasteiger partial charge < -0.3 is 4.74 Å². The topological polar surface area (TPSA) is 68.3 Å². The fourth-order valence-electron chi connectivity index (χ4n) is 2.09. The van der Waals surface area contributed by atoms with Gasteiger partial charge in [-0.15, -0.1) is 0 Å². The molecule has 0 saturated heterocycles. The van der Waals surface area contributed by atoms with Crippen LogP contribution >= 0.6 is 22.9 Å². The Hall–Kier alpha value is -2.44. The Morgan fingerprint density at radius 3 is 2.65 bits per heavy atom. The molecule has 116 valence electrons. The van der Waals surface area contributed by atoms with Gasteiger partial charge in [-0.05, 0) is 30.3 Å². The van der Waals surface area contributed by atoms with Crippen molar-refractivity contribution in [1.82, 2.24) is 4.98 Å². The molecule has 0 spiro atoms. The molecule has 1 amide bonds. The molecule has 3 aromatic rings. The maximum atomic E-state index is 12.4. The van der Waals surface area contributed by atoms with Gasteiger partial charge in [-0.3, -0.25) is 10.1 Å². The number of hydrogen-bond acceptors (Lipinski definition) is 5. The second-order valence-corrected chi connectivity index (χ2v) is 6.09. The summed E-state index contributed by atoms with van der Waals surface area (Å²) in [7, 11) is 1.27. The van der Waals surface area contributed by atoms with E-state index in [-0.39, 0.29) is 11.1 Å². The highest BCUT2D eigenvalue weighted by molar-refractivity contribution is 7.22. The van der Waals surface area contributed by atoms with Crippen molar-refractivity contribution < 1.29 is 14.3 Å². The van der Waals surface area contributed by atoms with Gasteiger partial charge in [0.25, 0.3) is 5.91 Å². The molecule has 0 radical (unpaired) electrons. The second kappa shape index (κ2) is 6.36. The highest BCUT2D eigenvalue weighted by Crippen LogP contribution is 2.28. The number of benzene rings is 2. The lowest BCUT2D eigenvalue weighted by atomic mass is 10.1. The van der Waals surface area contributed by atoms with Crippen LogP contribution in [0.15, 0.2) is 42.5 Å². The van der Waals surface area contributed by atoms with Gasteiger partial charge in [0.05, 0.1) is 28.5 Å². The molecule has 0 bridgehead atoms. The Balaban J connectivity index is 1.90. The molecule has 1 N–H and O–H groups in total. The molecule has 0 unspecified atom stereocenters. The number of anilines is 1. The van der Waals surface area contributed by atoms with E-state index in [2.05, 4.69) is 10.3 Å². The van der Waals surface area contributed by atoms with E-state index in [9.17, 15) is 9.59 Å². The highest BCUT2D eigenvalue weighted by Gasteiger charge is 2.18. The van der Waals surface area contributed by atoms with E-state index < -0.39 is 11.9 Å². The Morgan fingerprint density at radius 2 is 1.91 bits per heavy atom.